The number of benzene rings is 1. The van der Waals surface area contributed by atoms with Gasteiger partial charge in [0.05, 0.1) is 11.1 Å². The van der Waals surface area contributed by atoms with Crippen molar-refractivity contribution in [3.8, 4) is 0 Å². The van der Waals surface area contributed by atoms with Gasteiger partial charge in [0.2, 0.25) is 5.56 Å². The van der Waals surface area contributed by atoms with Crippen LogP contribution in [0.3, 0.4) is 0 Å². The molecule has 0 spiro atoms. The van der Waals surface area contributed by atoms with Crippen LogP contribution in [-0.2, 0) is 11.7 Å². The number of alkyl halides is 3. The van der Waals surface area contributed by atoms with Gasteiger partial charge in [-0.1, -0.05) is 25.0 Å². The zero-order valence-electron chi connectivity index (χ0n) is 14.2. The van der Waals surface area contributed by atoms with Crippen molar-refractivity contribution in [3.63, 3.8) is 0 Å². The molecule has 0 atom stereocenters. The van der Waals surface area contributed by atoms with E-state index in [-0.39, 0.29) is 11.1 Å². The SMILES string of the molecule is Cc1cc(C(=O)NC2(c3ccc(C(F)(F)F)cc3)CCCC2)cc(=O)[nH]1. The molecule has 7 heteroatoms. The Morgan fingerprint density at radius 1 is 1.12 bits per heavy atom. The number of amides is 1. The van der Waals surface area contributed by atoms with Crippen molar-refractivity contribution >= 4 is 5.91 Å². The van der Waals surface area contributed by atoms with Crippen molar-refractivity contribution in [3.05, 3.63) is 69.1 Å². The van der Waals surface area contributed by atoms with Gasteiger partial charge in [0.15, 0.2) is 0 Å². The van der Waals surface area contributed by atoms with Crippen LogP contribution in [0, 0.1) is 6.92 Å². The summed E-state index contributed by atoms with van der Waals surface area (Å²) in [6.07, 6.45) is -1.36. The number of H-pyrrole nitrogens is 1. The van der Waals surface area contributed by atoms with E-state index in [1.807, 2.05) is 0 Å². The Morgan fingerprint density at radius 2 is 1.73 bits per heavy atom. The van der Waals surface area contributed by atoms with Gasteiger partial charge in [-0.3, -0.25) is 9.59 Å². The fraction of sp³-hybridized carbons (Fsp3) is 0.368. The smallest absolute Gasteiger partial charge is 0.343 e. The summed E-state index contributed by atoms with van der Waals surface area (Å²) in [6.45, 7) is 1.68. The molecule has 1 amide bonds. The Morgan fingerprint density at radius 3 is 2.27 bits per heavy atom. The highest BCUT2D eigenvalue weighted by molar-refractivity contribution is 5.94. The first-order valence-corrected chi connectivity index (χ1v) is 8.41. The minimum absolute atomic E-state index is 0.240. The third-order valence-corrected chi connectivity index (χ3v) is 4.82. The molecular weight excluding hydrogens is 345 g/mol. The maximum Gasteiger partial charge on any atom is 0.416 e. The summed E-state index contributed by atoms with van der Waals surface area (Å²) in [5.41, 5.74) is -0.339. The molecule has 2 N–H and O–H groups in total. The summed E-state index contributed by atoms with van der Waals surface area (Å²) in [7, 11) is 0. The van der Waals surface area contributed by atoms with E-state index in [9.17, 15) is 22.8 Å². The molecule has 0 aliphatic heterocycles. The topological polar surface area (TPSA) is 62.0 Å². The van der Waals surface area contributed by atoms with Crippen LogP contribution < -0.4 is 10.9 Å². The lowest BCUT2D eigenvalue weighted by molar-refractivity contribution is -0.137. The van der Waals surface area contributed by atoms with Crippen LogP contribution in [-0.4, -0.2) is 10.9 Å². The molecule has 1 aromatic carbocycles. The molecule has 26 heavy (non-hydrogen) atoms. The standard InChI is InChI=1S/C19H19F3N2O2/c1-12-10-13(11-16(25)23-12)17(26)24-18(8-2-3-9-18)14-4-6-15(7-5-14)19(20,21)22/h4-7,10-11H,2-3,8-9H2,1H3,(H,23,25)(H,24,26). The Hall–Kier alpha value is -2.57. The van der Waals surface area contributed by atoms with Gasteiger partial charge in [0.1, 0.15) is 0 Å². The van der Waals surface area contributed by atoms with E-state index in [1.54, 1.807) is 13.0 Å². The Bertz CT molecular complexity index is 864. The second-order valence-electron chi connectivity index (χ2n) is 6.73. The molecule has 1 aliphatic carbocycles. The first kappa shape index (κ1) is 18.2. The van der Waals surface area contributed by atoms with E-state index in [0.717, 1.165) is 25.0 Å². The van der Waals surface area contributed by atoms with Gasteiger partial charge in [-0.25, -0.2) is 0 Å². The molecule has 1 fully saturated rings. The predicted octanol–water partition coefficient (Wildman–Crippen LogP) is 3.90. The lowest BCUT2D eigenvalue weighted by Gasteiger charge is -2.31. The van der Waals surface area contributed by atoms with Crippen molar-refractivity contribution in [1.29, 1.82) is 0 Å². The van der Waals surface area contributed by atoms with E-state index < -0.39 is 23.2 Å². The fourth-order valence-electron chi connectivity index (χ4n) is 3.55. The number of carbonyl (C=O) groups is 1. The van der Waals surface area contributed by atoms with Crippen LogP contribution in [0.1, 0.15) is 52.9 Å². The summed E-state index contributed by atoms with van der Waals surface area (Å²) in [5.74, 6) is -0.402. The first-order valence-electron chi connectivity index (χ1n) is 8.41. The number of pyridine rings is 1. The van der Waals surface area contributed by atoms with Crippen LogP contribution in [0.5, 0.6) is 0 Å². The number of rotatable bonds is 3. The Balaban J connectivity index is 1.91. The number of carbonyl (C=O) groups excluding carboxylic acids is 1. The molecule has 0 unspecified atom stereocenters. The van der Waals surface area contributed by atoms with Gasteiger partial charge in [-0.2, -0.15) is 13.2 Å². The number of hydrogen-bond donors (Lipinski definition) is 2. The highest BCUT2D eigenvalue weighted by atomic mass is 19.4. The number of aromatic nitrogens is 1. The molecule has 2 aromatic rings. The number of nitrogens with one attached hydrogen (secondary N) is 2. The zero-order chi connectivity index (χ0) is 18.9. The molecule has 4 nitrogen and oxygen atoms in total. The predicted molar refractivity (Wildman–Crippen MR) is 90.9 cm³/mol. The number of hydrogen-bond acceptors (Lipinski definition) is 2. The molecular formula is C19H19F3N2O2. The van der Waals surface area contributed by atoms with Crippen LogP contribution in [0.15, 0.2) is 41.2 Å². The summed E-state index contributed by atoms with van der Waals surface area (Å²) in [4.78, 5) is 26.8. The largest absolute Gasteiger partial charge is 0.416 e. The normalized spacial score (nSPS) is 16.5. The molecule has 0 bridgehead atoms. The van der Waals surface area contributed by atoms with E-state index >= 15 is 0 Å². The monoisotopic (exact) mass is 364 g/mol. The van der Waals surface area contributed by atoms with E-state index in [4.69, 9.17) is 0 Å². The summed E-state index contributed by atoms with van der Waals surface area (Å²) in [5, 5.41) is 2.96. The highest BCUT2D eigenvalue weighted by Gasteiger charge is 2.38. The van der Waals surface area contributed by atoms with Gasteiger partial charge < -0.3 is 10.3 Å². The van der Waals surface area contributed by atoms with Crippen LogP contribution in [0.25, 0.3) is 0 Å². The third-order valence-electron chi connectivity index (χ3n) is 4.82. The Labute approximate surface area is 148 Å². The molecule has 1 aliphatic rings. The van der Waals surface area contributed by atoms with Gasteiger partial charge in [-0.15, -0.1) is 0 Å². The van der Waals surface area contributed by atoms with E-state index in [2.05, 4.69) is 10.3 Å². The van der Waals surface area contributed by atoms with Crippen molar-refractivity contribution in [2.75, 3.05) is 0 Å². The number of aromatic amines is 1. The maximum atomic E-state index is 12.8. The summed E-state index contributed by atoms with van der Waals surface area (Å²) < 4.78 is 38.4. The van der Waals surface area contributed by atoms with Crippen molar-refractivity contribution in [1.82, 2.24) is 10.3 Å². The molecule has 1 saturated carbocycles. The zero-order valence-corrected chi connectivity index (χ0v) is 14.2. The highest BCUT2D eigenvalue weighted by Crippen LogP contribution is 2.40. The number of aryl methyl sites for hydroxylation is 1. The van der Waals surface area contributed by atoms with Gasteiger partial charge in [0.25, 0.3) is 5.91 Å². The van der Waals surface area contributed by atoms with Crippen LogP contribution in [0.2, 0.25) is 0 Å². The molecule has 0 radical (unpaired) electrons. The molecule has 0 saturated heterocycles. The van der Waals surface area contributed by atoms with E-state index in [1.165, 1.54) is 18.2 Å². The third kappa shape index (κ3) is 3.66. The van der Waals surface area contributed by atoms with Crippen molar-refractivity contribution < 1.29 is 18.0 Å². The van der Waals surface area contributed by atoms with Gasteiger partial charge in [0, 0.05) is 17.3 Å². The van der Waals surface area contributed by atoms with Crippen LogP contribution in [0.4, 0.5) is 13.2 Å². The van der Waals surface area contributed by atoms with Gasteiger partial charge >= 0.3 is 6.18 Å². The quantitative estimate of drug-likeness (QED) is 0.868. The first-order chi connectivity index (χ1) is 12.2. The lowest BCUT2D eigenvalue weighted by Crippen LogP contribution is -2.44. The summed E-state index contributed by atoms with van der Waals surface area (Å²) in [6, 6.07) is 7.73. The molecule has 3 rings (SSSR count). The van der Waals surface area contributed by atoms with Crippen molar-refractivity contribution in [2.24, 2.45) is 0 Å². The summed E-state index contributed by atoms with van der Waals surface area (Å²) >= 11 is 0. The molecule has 1 aromatic heterocycles. The Kier molecular flexibility index (Phi) is 4.64. The fourth-order valence-corrected chi connectivity index (χ4v) is 3.55. The average Bonchev–Trinajstić information content (AvgIpc) is 3.03. The average molecular weight is 364 g/mol. The second kappa shape index (κ2) is 6.63. The van der Waals surface area contributed by atoms with Crippen LogP contribution >= 0.6 is 0 Å². The van der Waals surface area contributed by atoms with Crippen molar-refractivity contribution in [2.45, 2.75) is 44.3 Å². The van der Waals surface area contributed by atoms with E-state index in [0.29, 0.717) is 24.1 Å². The van der Waals surface area contributed by atoms with Gasteiger partial charge in [-0.05, 0) is 43.5 Å². The molecule has 138 valence electrons. The minimum atomic E-state index is -4.40. The second-order valence-corrected chi connectivity index (χ2v) is 6.73. The minimum Gasteiger partial charge on any atom is -0.343 e. The maximum absolute atomic E-state index is 12.8. The lowest BCUT2D eigenvalue weighted by atomic mass is 9.87. The molecule has 1 heterocycles. The number of halogens is 3.